The zero-order chi connectivity index (χ0) is 13.4. The summed E-state index contributed by atoms with van der Waals surface area (Å²) >= 11 is 4.52. The van der Waals surface area contributed by atoms with Gasteiger partial charge >= 0.3 is 0 Å². The molecule has 3 rings (SSSR count). The van der Waals surface area contributed by atoms with Crippen LogP contribution in [0.2, 0.25) is 0 Å². The van der Waals surface area contributed by atoms with E-state index in [0.29, 0.717) is 16.0 Å². The molecule has 0 aliphatic carbocycles. The number of thiophene rings is 1. The van der Waals surface area contributed by atoms with E-state index in [1.165, 1.54) is 29.8 Å². The highest BCUT2D eigenvalue weighted by Gasteiger charge is 2.12. The number of hydrogen-bond donors (Lipinski definition) is 1. The standard InChI is InChI=1S/C12H7BrFN3OS/c13-6-3-8(15)10(4-7(6)14)18-12-11-9(1-2-19-11)16-5-17-12/h1-5H,15H2. The molecule has 0 aliphatic heterocycles. The van der Waals surface area contributed by atoms with Crippen molar-refractivity contribution in [2.75, 3.05) is 5.73 Å². The Labute approximate surface area is 120 Å². The van der Waals surface area contributed by atoms with Crippen molar-refractivity contribution in [1.29, 1.82) is 0 Å². The van der Waals surface area contributed by atoms with Gasteiger partial charge in [0, 0.05) is 6.07 Å². The van der Waals surface area contributed by atoms with Gasteiger partial charge in [-0.25, -0.2) is 14.4 Å². The summed E-state index contributed by atoms with van der Waals surface area (Å²) < 4.78 is 20.2. The number of nitrogens with zero attached hydrogens (tertiary/aromatic N) is 2. The number of aromatic nitrogens is 2. The van der Waals surface area contributed by atoms with Crippen LogP contribution in [0.5, 0.6) is 11.6 Å². The lowest BCUT2D eigenvalue weighted by molar-refractivity contribution is 0.466. The molecule has 0 amide bonds. The molecular weight excluding hydrogens is 333 g/mol. The first-order chi connectivity index (χ1) is 9.15. The third-order valence-corrected chi connectivity index (χ3v) is 3.97. The Morgan fingerprint density at radius 2 is 2.16 bits per heavy atom. The molecule has 0 saturated carbocycles. The number of fused-ring (bicyclic) bond motifs is 1. The monoisotopic (exact) mass is 339 g/mol. The van der Waals surface area contributed by atoms with Gasteiger partial charge in [-0.05, 0) is 33.4 Å². The van der Waals surface area contributed by atoms with Crippen LogP contribution in [-0.2, 0) is 0 Å². The lowest BCUT2D eigenvalue weighted by Crippen LogP contribution is -1.95. The van der Waals surface area contributed by atoms with Crippen LogP contribution in [0, 0.1) is 5.82 Å². The molecule has 0 radical (unpaired) electrons. The number of nitrogen functional groups attached to an aromatic ring is 1. The van der Waals surface area contributed by atoms with Gasteiger partial charge in [-0.15, -0.1) is 11.3 Å². The second-order valence-corrected chi connectivity index (χ2v) is 5.49. The predicted octanol–water partition coefficient (Wildman–Crippen LogP) is 3.97. The highest BCUT2D eigenvalue weighted by Crippen LogP contribution is 2.35. The highest BCUT2D eigenvalue weighted by atomic mass is 79.9. The van der Waals surface area contributed by atoms with Crippen molar-refractivity contribution < 1.29 is 9.13 Å². The Hall–Kier alpha value is -1.73. The first kappa shape index (κ1) is 12.3. The van der Waals surface area contributed by atoms with E-state index >= 15 is 0 Å². The summed E-state index contributed by atoms with van der Waals surface area (Å²) in [5, 5.41) is 1.89. The first-order valence-corrected chi connectivity index (χ1v) is 6.93. The third kappa shape index (κ3) is 2.26. The first-order valence-electron chi connectivity index (χ1n) is 5.26. The van der Waals surface area contributed by atoms with E-state index in [9.17, 15) is 4.39 Å². The molecule has 4 nitrogen and oxygen atoms in total. The number of rotatable bonds is 2. The number of nitrogens with two attached hydrogens (primary N) is 1. The Kier molecular flexibility index (Phi) is 3.08. The maximum atomic E-state index is 13.5. The fraction of sp³-hybridized carbons (Fsp3) is 0. The summed E-state index contributed by atoms with van der Waals surface area (Å²) in [6.45, 7) is 0. The van der Waals surface area contributed by atoms with Gasteiger partial charge < -0.3 is 10.5 Å². The van der Waals surface area contributed by atoms with Crippen molar-refractivity contribution in [3.63, 3.8) is 0 Å². The molecule has 7 heteroatoms. The summed E-state index contributed by atoms with van der Waals surface area (Å²) in [5.74, 6) is 0.156. The normalized spacial score (nSPS) is 10.8. The molecule has 0 fully saturated rings. The van der Waals surface area contributed by atoms with Crippen LogP contribution in [0.3, 0.4) is 0 Å². The lowest BCUT2D eigenvalue weighted by Gasteiger charge is -2.08. The van der Waals surface area contributed by atoms with Crippen LogP contribution in [0.4, 0.5) is 10.1 Å². The molecule has 0 bridgehead atoms. The molecule has 19 heavy (non-hydrogen) atoms. The Bertz CT molecular complexity index is 762. The SMILES string of the molecule is Nc1cc(Br)c(F)cc1Oc1ncnc2ccsc12. The minimum atomic E-state index is -0.444. The fourth-order valence-electron chi connectivity index (χ4n) is 1.58. The van der Waals surface area contributed by atoms with Gasteiger partial charge in [0.2, 0.25) is 5.88 Å². The van der Waals surface area contributed by atoms with Gasteiger partial charge in [0.1, 0.15) is 16.8 Å². The number of halogens is 2. The van der Waals surface area contributed by atoms with Crippen molar-refractivity contribution in [2.45, 2.75) is 0 Å². The molecule has 0 unspecified atom stereocenters. The van der Waals surface area contributed by atoms with Gasteiger partial charge in [-0.3, -0.25) is 0 Å². The quantitative estimate of drug-likeness (QED) is 0.717. The summed E-state index contributed by atoms with van der Waals surface area (Å²) in [4.78, 5) is 8.16. The van der Waals surface area contributed by atoms with E-state index in [1.54, 1.807) is 0 Å². The van der Waals surface area contributed by atoms with Crippen molar-refractivity contribution in [2.24, 2.45) is 0 Å². The summed E-state index contributed by atoms with van der Waals surface area (Å²) in [7, 11) is 0. The zero-order valence-corrected chi connectivity index (χ0v) is 11.8. The maximum absolute atomic E-state index is 13.5. The van der Waals surface area contributed by atoms with Crippen LogP contribution in [-0.4, -0.2) is 9.97 Å². The minimum Gasteiger partial charge on any atom is -0.435 e. The van der Waals surface area contributed by atoms with Gasteiger partial charge in [0.25, 0.3) is 0 Å². The van der Waals surface area contributed by atoms with E-state index in [1.807, 2.05) is 11.4 Å². The maximum Gasteiger partial charge on any atom is 0.240 e. The van der Waals surface area contributed by atoms with E-state index < -0.39 is 5.82 Å². The number of ether oxygens (including phenoxy) is 1. The van der Waals surface area contributed by atoms with E-state index in [-0.39, 0.29) is 5.75 Å². The van der Waals surface area contributed by atoms with Crippen molar-refractivity contribution >= 4 is 43.2 Å². The summed E-state index contributed by atoms with van der Waals surface area (Å²) in [5.41, 5.74) is 6.91. The van der Waals surface area contributed by atoms with Gasteiger partial charge in [0.15, 0.2) is 5.75 Å². The van der Waals surface area contributed by atoms with E-state index in [2.05, 4.69) is 25.9 Å². The highest BCUT2D eigenvalue weighted by molar-refractivity contribution is 9.10. The van der Waals surface area contributed by atoms with Gasteiger partial charge in [0.05, 0.1) is 15.7 Å². The van der Waals surface area contributed by atoms with Gasteiger partial charge in [-0.1, -0.05) is 0 Å². The predicted molar refractivity (Wildman–Crippen MR) is 76.0 cm³/mol. The third-order valence-electron chi connectivity index (χ3n) is 2.47. The fourth-order valence-corrected chi connectivity index (χ4v) is 2.71. The summed E-state index contributed by atoms with van der Waals surface area (Å²) in [6.07, 6.45) is 1.40. The molecule has 2 heterocycles. The minimum absolute atomic E-state index is 0.231. The second kappa shape index (κ2) is 4.75. The largest absolute Gasteiger partial charge is 0.435 e. The molecule has 1 aromatic carbocycles. The molecule has 0 spiro atoms. The number of hydrogen-bond acceptors (Lipinski definition) is 5. The van der Waals surface area contributed by atoms with Crippen molar-refractivity contribution in [1.82, 2.24) is 9.97 Å². The Morgan fingerprint density at radius 3 is 3.00 bits per heavy atom. The van der Waals surface area contributed by atoms with E-state index in [0.717, 1.165) is 10.2 Å². The molecule has 2 N–H and O–H groups in total. The summed E-state index contributed by atoms with van der Waals surface area (Å²) in [6, 6.07) is 4.54. The van der Waals surface area contributed by atoms with Crippen LogP contribution in [0.1, 0.15) is 0 Å². The molecular formula is C12H7BrFN3OS. The Morgan fingerprint density at radius 1 is 1.32 bits per heavy atom. The van der Waals surface area contributed by atoms with Crippen LogP contribution in [0.15, 0.2) is 34.4 Å². The molecule has 0 saturated heterocycles. The van der Waals surface area contributed by atoms with Crippen LogP contribution >= 0.6 is 27.3 Å². The van der Waals surface area contributed by atoms with Crippen LogP contribution < -0.4 is 10.5 Å². The molecule has 96 valence electrons. The molecule has 3 aromatic rings. The van der Waals surface area contributed by atoms with Gasteiger partial charge in [-0.2, -0.15) is 0 Å². The van der Waals surface area contributed by atoms with E-state index in [4.69, 9.17) is 10.5 Å². The Balaban J connectivity index is 2.06. The number of anilines is 1. The molecule has 0 atom stereocenters. The average Bonchev–Trinajstić information content (AvgIpc) is 2.85. The van der Waals surface area contributed by atoms with Crippen LogP contribution in [0.25, 0.3) is 10.2 Å². The average molecular weight is 340 g/mol. The van der Waals surface area contributed by atoms with Crippen molar-refractivity contribution in [3.8, 4) is 11.6 Å². The zero-order valence-electron chi connectivity index (χ0n) is 9.43. The molecule has 0 aliphatic rings. The smallest absolute Gasteiger partial charge is 0.240 e. The second-order valence-electron chi connectivity index (χ2n) is 3.72. The molecule has 2 aromatic heterocycles. The lowest BCUT2D eigenvalue weighted by atomic mass is 10.3. The number of benzene rings is 1. The topological polar surface area (TPSA) is 61.0 Å². The van der Waals surface area contributed by atoms with Crippen molar-refractivity contribution in [3.05, 3.63) is 40.2 Å².